The van der Waals surface area contributed by atoms with E-state index < -0.39 is 15.6 Å². The van der Waals surface area contributed by atoms with Crippen molar-refractivity contribution in [2.75, 3.05) is 32.6 Å². The quantitative estimate of drug-likeness (QED) is 0.790. The van der Waals surface area contributed by atoms with Gasteiger partial charge in [-0.05, 0) is 31.0 Å². The third kappa shape index (κ3) is 3.21. The summed E-state index contributed by atoms with van der Waals surface area (Å²) in [5, 5.41) is 0. The Balaban J connectivity index is 2.25. The minimum atomic E-state index is -3.65. The molecule has 7 heteroatoms. The van der Waals surface area contributed by atoms with E-state index in [1.54, 1.807) is 33.1 Å². The lowest BCUT2D eigenvalue weighted by molar-refractivity contribution is -0.0120. The van der Waals surface area contributed by atoms with Crippen molar-refractivity contribution >= 4 is 15.7 Å². The SMILES string of the molecule is COC1(CNS(=O)(=O)c2c(C)ccc(N)c2C)CCOC1. The Bertz CT molecular complexity index is 622. The molecule has 0 radical (unpaired) electrons. The average Bonchev–Trinajstić information content (AvgIpc) is 2.91. The van der Waals surface area contributed by atoms with Gasteiger partial charge in [0.05, 0.1) is 11.5 Å². The van der Waals surface area contributed by atoms with E-state index in [9.17, 15) is 8.42 Å². The van der Waals surface area contributed by atoms with Crippen molar-refractivity contribution < 1.29 is 17.9 Å². The van der Waals surface area contributed by atoms with Gasteiger partial charge in [0.25, 0.3) is 0 Å². The molecular formula is C14H22N2O4S. The Hall–Kier alpha value is -1.15. The van der Waals surface area contributed by atoms with Gasteiger partial charge in [-0.1, -0.05) is 6.07 Å². The molecule has 0 saturated carbocycles. The van der Waals surface area contributed by atoms with Crippen LogP contribution in [-0.4, -0.2) is 40.9 Å². The number of nitrogens with two attached hydrogens (primary N) is 1. The van der Waals surface area contributed by atoms with E-state index in [1.807, 2.05) is 0 Å². The van der Waals surface area contributed by atoms with Crippen molar-refractivity contribution in [3.8, 4) is 0 Å². The summed E-state index contributed by atoms with van der Waals surface area (Å²) in [5.74, 6) is 0. The van der Waals surface area contributed by atoms with Crippen LogP contribution in [0, 0.1) is 13.8 Å². The van der Waals surface area contributed by atoms with Crippen molar-refractivity contribution in [2.24, 2.45) is 0 Å². The molecule has 6 nitrogen and oxygen atoms in total. The summed E-state index contributed by atoms with van der Waals surface area (Å²) in [6, 6.07) is 3.42. The lowest BCUT2D eigenvalue weighted by Gasteiger charge is -2.26. The summed E-state index contributed by atoms with van der Waals surface area (Å²) >= 11 is 0. The van der Waals surface area contributed by atoms with Crippen LogP contribution in [0.25, 0.3) is 0 Å². The molecule has 118 valence electrons. The molecule has 0 bridgehead atoms. The zero-order chi connectivity index (χ0) is 15.7. The maximum atomic E-state index is 12.6. The van der Waals surface area contributed by atoms with E-state index in [0.717, 1.165) is 0 Å². The molecule has 2 rings (SSSR count). The molecule has 0 spiro atoms. The fourth-order valence-electron chi connectivity index (χ4n) is 2.52. The van der Waals surface area contributed by atoms with E-state index in [-0.39, 0.29) is 11.4 Å². The number of ether oxygens (including phenoxy) is 2. The van der Waals surface area contributed by atoms with Crippen LogP contribution in [0.4, 0.5) is 5.69 Å². The maximum absolute atomic E-state index is 12.6. The van der Waals surface area contributed by atoms with Crippen molar-refractivity contribution in [1.82, 2.24) is 4.72 Å². The average molecular weight is 314 g/mol. The Morgan fingerprint density at radius 1 is 1.43 bits per heavy atom. The molecule has 3 N–H and O–H groups in total. The fourth-order valence-corrected chi connectivity index (χ4v) is 4.13. The van der Waals surface area contributed by atoms with Crippen LogP contribution >= 0.6 is 0 Å². The first-order chi connectivity index (χ1) is 9.81. The van der Waals surface area contributed by atoms with E-state index in [4.69, 9.17) is 15.2 Å². The van der Waals surface area contributed by atoms with Crippen molar-refractivity contribution in [3.05, 3.63) is 23.3 Å². The highest BCUT2D eigenvalue weighted by Crippen LogP contribution is 2.26. The number of hydrogen-bond donors (Lipinski definition) is 2. The Morgan fingerprint density at radius 2 is 2.14 bits per heavy atom. The van der Waals surface area contributed by atoms with Crippen LogP contribution in [-0.2, 0) is 19.5 Å². The lowest BCUT2D eigenvalue weighted by Crippen LogP contribution is -2.45. The molecule has 1 heterocycles. The normalized spacial score (nSPS) is 22.6. The molecule has 21 heavy (non-hydrogen) atoms. The van der Waals surface area contributed by atoms with E-state index >= 15 is 0 Å². The van der Waals surface area contributed by atoms with E-state index in [0.29, 0.717) is 36.4 Å². The summed E-state index contributed by atoms with van der Waals surface area (Å²) in [4.78, 5) is 0.243. The van der Waals surface area contributed by atoms with E-state index in [2.05, 4.69) is 4.72 Å². The summed E-state index contributed by atoms with van der Waals surface area (Å²) in [6.45, 7) is 4.61. The molecular weight excluding hydrogens is 292 g/mol. The number of methoxy groups -OCH3 is 1. The van der Waals surface area contributed by atoms with Gasteiger partial charge in [-0.3, -0.25) is 0 Å². The number of aryl methyl sites for hydroxylation is 1. The van der Waals surface area contributed by atoms with Crippen LogP contribution in [0.1, 0.15) is 17.5 Å². The number of benzene rings is 1. The number of anilines is 1. The van der Waals surface area contributed by atoms with Gasteiger partial charge in [0.15, 0.2) is 0 Å². The van der Waals surface area contributed by atoms with Gasteiger partial charge in [0, 0.05) is 32.4 Å². The summed E-state index contributed by atoms with van der Waals surface area (Å²) in [5.41, 5.74) is 6.93. The van der Waals surface area contributed by atoms with Gasteiger partial charge in [-0.2, -0.15) is 0 Å². The van der Waals surface area contributed by atoms with Crippen molar-refractivity contribution in [2.45, 2.75) is 30.8 Å². The molecule has 0 aromatic heterocycles. The van der Waals surface area contributed by atoms with Crippen molar-refractivity contribution in [1.29, 1.82) is 0 Å². The second-order valence-electron chi connectivity index (χ2n) is 5.44. The van der Waals surface area contributed by atoms with Gasteiger partial charge in [0.1, 0.15) is 5.60 Å². The molecule has 1 aromatic carbocycles. The number of nitrogens with one attached hydrogen (secondary N) is 1. The van der Waals surface area contributed by atoms with Gasteiger partial charge in [0.2, 0.25) is 10.0 Å². The molecule has 1 atom stereocenters. The second-order valence-corrected chi connectivity index (χ2v) is 7.14. The number of nitrogen functional groups attached to an aromatic ring is 1. The third-order valence-corrected chi connectivity index (χ3v) is 5.69. The lowest BCUT2D eigenvalue weighted by atomic mass is 10.0. The third-order valence-electron chi connectivity index (χ3n) is 4.00. The molecule has 1 aliphatic rings. The molecule has 1 aliphatic heterocycles. The zero-order valence-corrected chi connectivity index (χ0v) is 13.4. The largest absolute Gasteiger partial charge is 0.398 e. The number of hydrogen-bond acceptors (Lipinski definition) is 5. The molecule has 1 aromatic rings. The molecule has 0 aliphatic carbocycles. The Kier molecular flexibility index (Phi) is 4.57. The highest BCUT2D eigenvalue weighted by Gasteiger charge is 2.36. The first-order valence-corrected chi connectivity index (χ1v) is 8.28. The first-order valence-electron chi connectivity index (χ1n) is 6.79. The van der Waals surface area contributed by atoms with Gasteiger partial charge >= 0.3 is 0 Å². The molecule has 1 saturated heterocycles. The van der Waals surface area contributed by atoms with Crippen LogP contribution < -0.4 is 10.5 Å². The number of sulfonamides is 1. The summed E-state index contributed by atoms with van der Waals surface area (Å²) in [6.07, 6.45) is 0.668. The highest BCUT2D eigenvalue weighted by molar-refractivity contribution is 7.89. The number of rotatable bonds is 5. The van der Waals surface area contributed by atoms with Crippen LogP contribution in [0.2, 0.25) is 0 Å². The van der Waals surface area contributed by atoms with Gasteiger partial charge in [-0.25, -0.2) is 13.1 Å². The first kappa shape index (κ1) is 16.2. The summed E-state index contributed by atoms with van der Waals surface area (Å²) in [7, 11) is -2.08. The van der Waals surface area contributed by atoms with Gasteiger partial charge in [-0.15, -0.1) is 0 Å². The maximum Gasteiger partial charge on any atom is 0.241 e. The Labute approximate surface area is 125 Å². The molecule has 1 unspecified atom stereocenters. The van der Waals surface area contributed by atoms with Crippen LogP contribution in [0.3, 0.4) is 0 Å². The predicted molar refractivity (Wildman–Crippen MR) is 80.7 cm³/mol. The summed E-state index contributed by atoms with van der Waals surface area (Å²) < 4.78 is 38.5. The minimum absolute atomic E-state index is 0.180. The van der Waals surface area contributed by atoms with E-state index in [1.165, 1.54) is 0 Å². The fraction of sp³-hybridized carbons (Fsp3) is 0.571. The van der Waals surface area contributed by atoms with Crippen LogP contribution in [0.15, 0.2) is 17.0 Å². The van der Waals surface area contributed by atoms with Gasteiger partial charge < -0.3 is 15.2 Å². The molecule has 1 fully saturated rings. The highest BCUT2D eigenvalue weighted by atomic mass is 32.2. The Morgan fingerprint density at radius 3 is 2.71 bits per heavy atom. The standard InChI is InChI=1S/C14H22N2O4S/c1-10-4-5-12(15)11(2)13(10)21(17,18)16-8-14(19-3)6-7-20-9-14/h4-5,16H,6-9,15H2,1-3H3. The topological polar surface area (TPSA) is 90.7 Å². The monoisotopic (exact) mass is 314 g/mol. The minimum Gasteiger partial charge on any atom is -0.398 e. The second kappa shape index (κ2) is 5.92. The van der Waals surface area contributed by atoms with Crippen molar-refractivity contribution in [3.63, 3.8) is 0 Å². The van der Waals surface area contributed by atoms with Crippen LogP contribution in [0.5, 0.6) is 0 Å². The molecule has 0 amide bonds. The smallest absolute Gasteiger partial charge is 0.241 e. The predicted octanol–water partition coefficient (Wildman–Crippen LogP) is 0.969. The zero-order valence-electron chi connectivity index (χ0n) is 12.6.